The summed E-state index contributed by atoms with van der Waals surface area (Å²) >= 11 is 0. The summed E-state index contributed by atoms with van der Waals surface area (Å²) in [5.41, 5.74) is 4.51. The molecule has 0 aliphatic carbocycles. The minimum atomic E-state index is 0.701. The maximum atomic E-state index is 4.72. The molecule has 6 nitrogen and oxygen atoms in total. The largest absolute Gasteiger partial charge is 0.364 e. The molecule has 0 atom stereocenters. The first kappa shape index (κ1) is 15.9. The first-order valence-corrected chi connectivity index (χ1v) is 8.47. The van der Waals surface area contributed by atoms with Crippen LogP contribution in [-0.4, -0.2) is 37.7 Å². The second-order valence-corrected chi connectivity index (χ2v) is 6.27. The zero-order valence-electron chi connectivity index (χ0n) is 14.3. The molecule has 124 valence electrons. The summed E-state index contributed by atoms with van der Waals surface area (Å²) < 4.78 is 2.15. The van der Waals surface area contributed by atoms with E-state index in [2.05, 4.69) is 37.9 Å². The normalized spacial score (nSPS) is 14.7. The lowest BCUT2D eigenvalue weighted by molar-refractivity contribution is 0.210. The van der Waals surface area contributed by atoms with Crippen molar-refractivity contribution in [3.63, 3.8) is 0 Å². The van der Waals surface area contributed by atoms with Gasteiger partial charge in [0.1, 0.15) is 12.1 Å². The third-order valence-electron chi connectivity index (χ3n) is 4.53. The zero-order chi connectivity index (χ0) is 16.2. The lowest BCUT2D eigenvalue weighted by Gasteiger charge is -2.27. The maximum absolute atomic E-state index is 4.72. The summed E-state index contributed by atoms with van der Waals surface area (Å²) in [7, 11) is 0. The zero-order valence-corrected chi connectivity index (χ0v) is 14.3. The van der Waals surface area contributed by atoms with Crippen molar-refractivity contribution < 1.29 is 0 Å². The summed E-state index contributed by atoms with van der Waals surface area (Å²) in [6.45, 7) is 11.3. The predicted octanol–water partition coefficient (Wildman–Crippen LogP) is 2.52. The standard InChI is InChI=1S/C17H26N6/c1-4-5-6-22-7-8-23-16(11-22)9-15(21-23)10-18-17-13(2)14(3)19-12-20-17/h9,12H,4-8,10-11H2,1-3H3,(H,18,19,20). The van der Waals surface area contributed by atoms with E-state index in [4.69, 9.17) is 5.10 Å². The fourth-order valence-corrected chi connectivity index (χ4v) is 2.93. The number of nitrogens with one attached hydrogen (secondary N) is 1. The van der Waals surface area contributed by atoms with Crippen molar-refractivity contribution in [1.29, 1.82) is 0 Å². The molecule has 0 saturated carbocycles. The Morgan fingerprint density at radius 2 is 2.09 bits per heavy atom. The third-order valence-corrected chi connectivity index (χ3v) is 4.53. The molecule has 0 radical (unpaired) electrons. The molecule has 2 aromatic heterocycles. The van der Waals surface area contributed by atoms with Crippen LogP contribution in [0.3, 0.4) is 0 Å². The van der Waals surface area contributed by atoms with Crippen LogP contribution in [0.25, 0.3) is 0 Å². The number of rotatable bonds is 6. The number of fused-ring (bicyclic) bond motifs is 1. The first-order chi connectivity index (χ1) is 11.2. The van der Waals surface area contributed by atoms with Gasteiger partial charge in [0.25, 0.3) is 0 Å². The number of hydrogen-bond donors (Lipinski definition) is 1. The Balaban J connectivity index is 1.62. The first-order valence-electron chi connectivity index (χ1n) is 8.47. The minimum absolute atomic E-state index is 0.701. The van der Waals surface area contributed by atoms with Crippen molar-refractivity contribution in [2.24, 2.45) is 0 Å². The van der Waals surface area contributed by atoms with Crippen molar-refractivity contribution in [3.8, 4) is 0 Å². The van der Waals surface area contributed by atoms with Crippen LogP contribution in [0.15, 0.2) is 12.4 Å². The molecule has 2 aromatic rings. The summed E-state index contributed by atoms with van der Waals surface area (Å²) in [5, 5.41) is 8.10. The van der Waals surface area contributed by atoms with Crippen molar-refractivity contribution in [1.82, 2.24) is 24.6 Å². The highest BCUT2D eigenvalue weighted by Gasteiger charge is 2.17. The molecule has 0 spiro atoms. The molecule has 3 heterocycles. The van der Waals surface area contributed by atoms with E-state index in [1.807, 2.05) is 13.8 Å². The number of nitrogens with zero attached hydrogens (tertiary/aromatic N) is 5. The Morgan fingerprint density at radius 3 is 2.91 bits per heavy atom. The van der Waals surface area contributed by atoms with Crippen molar-refractivity contribution >= 4 is 5.82 Å². The van der Waals surface area contributed by atoms with Crippen LogP contribution in [0.1, 0.15) is 42.4 Å². The molecule has 0 aromatic carbocycles. The van der Waals surface area contributed by atoms with E-state index in [0.717, 1.165) is 42.4 Å². The topological polar surface area (TPSA) is 58.9 Å². The van der Waals surface area contributed by atoms with Gasteiger partial charge in [-0.05, 0) is 32.9 Å². The van der Waals surface area contributed by atoms with Gasteiger partial charge in [-0.15, -0.1) is 0 Å². The van der Waals surface area contributed by atoms with Crippen LogP contribution in [0.4, 0.5) is 5.82 Å². The quantitative estimate of drug-likeness (QED) is 0.888. The fourth-order valence-electron chi connectivity index (χ4n) is 2.93. The monoisotopic (exact) mass is 314 g/mol. The van der Waals surface area contributed by atoms with Gasteiger partial charge >= 0.3 is 0 Å². The van der Waals surface area contributed by atoms with E-state index in [-0.39, 0.29) is 0 Å². The molecule has 0 saturated heterocycles. The minimum Gasteiger partial charge on any atom is -0.364 e. The molecule has 1 aliphatic rings. The van der Waals surface area contributed by atoms with Crippen LogP contribution in [0, 0.1) is 13.8 Å². The van der Waals surface area contributed by atoms with Gasteiger partial charge in [0.15, 0.2) is 0 Å². The Labute approximate surface area is 137 Å². The van der Waals surface area contributed by atoms with Gasteiger partial charge in [0.2, 0.25) is 0 Å². The highest BCUT2D eigenvalue weighted by atomic mass is 15.3. The Morgan fingerprint density at radius 1 is 1.22 bits per heavy atom. The van der Waals surface area contributed by atoms with Crippen molar-refractivity contribution in [3.05, 3.63) is 35.0 Å². The Kier molecular flexibility index (Phi) is 4.91. The smallest absolute Gasteiger partial charge is 0.132 e. The van der Waals surface area contributed by atoms with Crippen LogP contribution < -0.4 is 5.32 Å². The maximum Gasteiger partial charge on any atom is 0.132 e. The Hall–Kier alpha value is -1.95. The number of aryl methyl sites for hydroxylation is 1. The molecule has 0 bridgehead atoms. The molecule has 6 heteroatoms. The van der Waals surface area contributed by atoms with Crippen molar-refractivity contribution in [2.45, 2.75) is 53.2 Å². The molecule has 0 unspecified atom stereocenters. The van der Waals surface area contributed by atoms with E-state index in [9.17, 15) is 0 Å². The summed E-state index contributed by atoms with van der Waals surface area (Å²) in [5.74, 6) is 0.896. The van der Waals surface area contributed by atoms with Gasteiger partial charge in [0, 0.05) is 24.3 Å². The van der Waals surface area contributed by atoms with E-state index < -0.39 is 0 Å². The average Bonchev–Trinajstić information content (AvgIpc) is 2.96. The third kappa shape index (κ3) is 3.69. The average molecular weight is 314 g/mol. The second kappa shape index (κ2) is 7.08. The fraction of sp³-hybridized carbons (Fsp3) is 0.588. The molecule has 3 rings (SSSR count). The van der Waals surface area contributed by atoms with E-state index >= 15 is 0 Å². The van der Waals surface area contributed by atoms with Gasteiger partial charge < -0.3 is 5.32 Å². The summed E-state index contributed by atoms with van der Waals surface area (Å²) in [6.07, 6.45) is 4.13. The molecule has 1 N–H and O–H groups in total. The molecule has 23 heavy (non-hydrogen) atoms. The van der Waals surface area contributed by atoms with Gasteiger partial charge in [-0.1, -0.05) is 13.3 Å². The SMILES string of the molecule is CCCCN1CCn2nc(CNc3ncnc(C)c3C)cc2C1. The Bertz CT molecular complexity index is 663. The summed E-state index contributed by atoms with van der Waals surface area (Å²) in [6, 6.07) is 2.22. The number of hydrogen-bond acceptors (Lipinski definition) is 5. The highest BCUT2D eigenvalue weighted by molar-refractivity contribution is 5.44. The number of unbranched alkanes of at least 4 members (excludes halogenated alkanes) is 1. The van der Waals surface area contributed by atoms with Crippen LogP contribution in [0.5, 0.6) is 0 Å². The predicted molar refractivity (Wildman–Crippen MR) is 91.2 cm³/mol. The molecule has 0 amide bonds. The van der Waals surface area contributed by atoms with Crippen LogP contribution in [-0.2, 0) is 19.6 Å². The van der Waals surface area contributed by atoms with E-state index in [1.54, 1.807) is 6.33 Å². The van der Waals surface area contributed by atoms with Gasteiger partial charge in [0.05, 0.1) is 24.5 Å². The van der Waals surface area contributed by atoms with Crippen LogP contribution in [0.2, 0.25) is 0 Å². The second-order valence-electron chi connectivity index (χ2n) is 6.27. The lowest BCUT2D eigenvalue weighted by atomic mass is 10.2. The number of anilines is 1. The van der Waals surface area contributed by atoms with E-state index in [0.29, 0.717) is 6.54 Å². The highest BCUT2D eigenvalue weighted by Crippen LogP contribution is 2.17. The van der Waals surface area contributed by atoms with Crippen LogP contribution >= 0.6 is 0 Å². The van der Waals surface area contributed by atoms with Crippen molar-refractivity contribution in [2.75, 3.05) is 18.4 Å². The molecule has 1 aliphatic heterocycles. The molecular formula is C17H26N6. The van der Waals surface area contributed by atoms with Gasteiger partial charge in [-0.25, -0.2) is 9.97 Å². The molecule has 0 fully saturated rings. The lowest BCUT2D eigenvalue weighted by Crippen LogP contribution is -2.34. The molecular weight excluding hydrogens is 288 g/mol. The summed E-state index contributed by atoms with van der Waals surface area (Å²) in [4.78, 5) is 11.0. The van der Waals surface area contributed by atoms with Gasteiger partial charge in [-0.2, -0.15) is 5.10 Å². The van der Waals surface area contributed by atoms with E-state index in [1.165, 1.54) is 25.1 Å². The van der Waals surface area contributed by atoms with Gasteiger partial charge in [-0.3, -0.25) is 9.58 Å². The number of aromatic nitrogens is 4.